The van der Waals surface area contributed by atoms with Crippen LogP contribution in [-0.2, 0) is 9.84 Å². The molecule has 1 fully saturated rings. The summed E-state index contributed by atoms with van der Waals surface area (Å²) in [6.07, 6.45) is 0.705. The van der Waals surface area contributed by atoms with Gasteiger partial charge in [-0.3, -0.25) is 0 Å². The van der Waals surface area contributed by atoms with Crippen molar-refractivity contribution in [3.05, 3.63) is 34.9 Å². The lowest BCUT2D eigenvalue weighted by atomic mass is 9.86. The first-order valence-corrected chi connectivity index (χ1v) is 7.88. The maximum absolute atomic E-state index is 11.5. The highest BCUT2D eigenvalue weighted by Gasteiger charge is 2.33. The van der Waals surface area contributed by atoms with Crippen LogP contribution in [0.1, 0.15) is 17.9 Å². The van der Waals surface area contributed by atoms with Crippen molar-refractivity contribution in [1.82, 2.24) is 0 Å². The van der Waals surface area contributed by atoms with Crippen molar-refractivity contribution in [2.24, 2.45) is 11.7 Å². The summed E-state index contributed by atoms with van der Waals surface area (Å²) in [5.74, 6) is 0.755. The third-order valence-corrected chi connectivity index (χ3v) is 5.40. The van der Waals surface area contributed by atoms with Crippen LogP contribution in [0.5, 0.6) is 0 Å². The van der Waals surface area contributed by atoms with Crippen LogP contribution in [0.25, 0.3) is 0 Å². The topological polar surface area (TPSA) is 60.2 Å². The second-order valence-corrected chi connectivity index (χ2v) is 7.23. The number of sulfone groups is 1. The maximum atomic E-state index is 11.5. The van der Waals surface area contributed by atoms with Crippen molar-refractivity contribution < 1.29 is 8.42 Å². The van der Waals surface area contributed by atoms with Gasteiger partial charge in [0.1, 0.15) is 0 Å². The second kappa shape index (κ2) is 4.96. The number of benzene rings is 1. The molecule has 2 unspecified atom stereocenters. The molecule has 0 saturated carbocycles. The molecule has 0 amide bonds. The van der Waals surface area contributed by atoms with Gasteiger partial charge >= 0.3 is 0 Å². The van der Waals surface area contributed by atoms with E-state index in [4.69, 9.17) is 17.3 Å². The Balaban J connectivity index is 2.23. The standard InChI is InChI=1S/C12H16ClNO2S/c13-11-3-1-2-9(6-11)12(7-14)10-4-5-17(15,16)8-10/h1-3,6,10,12H,4-5,7-8,14H2. The maximum Gasteiger partial charge on any atom is 0.150 e. The molecule has 17 heavy (non-hydrogen) atoms. The zero-order valence-electron chi connectivity index (χ0n) is 9.47. The van der Waals surface area contributed by atoms with E-state index in [2.05, 4.69) is 0 Å². The molecule has 0 bridgehead atoms. The predicted molar refractivity (Wildman–Crippen MR) is 70.0 cm³/mol. The summed E-state index contributed by atoms with van der Waals surface area (Å²) in [6.45, 7) is 0.459. The SMILES string of the molecule is NCC(c1cccc(Cl)c1)C1CCS(=O)(=O)C1. The number of halogens is 1. The summed E-state index contributed by atoms with van der Waals surface area (Å²) >= 11 is 5.95. The Morgan fingerprint density at radius 1 is 1.47 bits per heavy atom. The number of hydrogen-bond donors (Lipinski definition) is 1. The van der Waals surface area contributed by atoms with Crippen molar-refractivity contribution in [3.63, 3.8) is 0 Å². The Bertz CT molecular complexity index is 501. The summed E-state index contributed by atoms with van der Waals surface area (Å²) in [4.78, 5) is 0. The summed E-state index contributed by atoms with van der Waals surface area (Å²) in [7, 11) is -2.86. The van der Waals surface area contributed by atoms with Crippen molar-refractivity contribution in [1.29, 1.82) is 0 Å². The predicted octanol–water partition coefficient (Wildman–Crippen LogP) is 1.82. The van der Waals surface area contributed by atoms with Crippen LogP contribution in [0.15, 0.2) is 24.3 Å². The van der Waals surface area contributed by atoms with E-state index in [1.807, 2.05) is 24.3 Å². The average molecular weight is 274 g/mol. The fourth-order valence-corrected chi connectivity index (χ4v) is 4.56. The molecule has 2 rings (SSSR count). The molecular formula is C12H16ClNO2S. The smallest absolute Gasteiger partial charge is 0.150 e. The van der Waals surface area contributed by atoms with Crippen LogP contribution in [0.3, 0.4) is 0 Å². The third-order valence-electron chi connectivity index (χ3n) is 3.37. The summed E-state index contributed by atoms with van der Waals surface area (Å²) < 4.78 is 23.0. The molecule has 0 aromatic heterocycles. The van der Waals surface area contributed by atoms with E-state index in [-0.39, 0.29) is 23.3 Å². The number of rotatable bonds is 3. The van der Waals surface area contributed by atoms with Gasteiger partial charge in [-0.05, 0) is 36.6 Å². The van der Waals surface area contributed by atoms with Crippen molar-refractivity contribution in [3.8, 4) is 0 Å². The molecule has 5 heteroatoms. The van der Waals surface area contributed by atoms with Crippen LogP contribution in [0.4, 0.5) is 0 Å². The van der Waals surface area contributed by atoms with Crippen LogP contribution in [0.2, 0.25) is 5.02 Å². The zero-order valence-corrected chi connectivity index (χ0v) is 11.0. The first-order chi connectivity index (χ1) is 8.02. The monoisotopic (exact) mass is 273 g/mol. The van der Waals surface area contributed by atoms with Gasteiger partial charge in [0.05, 0.1) is 11.5 Å². The van der Waals surface area contributed by atoms with Gasteiger partial charge in [-0.1, -0.05) is 23.7 Å². The van der Waals surface area contributed by atoms with E-state index >= 15 is 0 Å². The van der Waals surface area contributed by atoms with Gasteiger partial charge < -0.3 is 5.73 Å². The molecule has 2 N–H and O–H groups in total. The molecule has 3 nitrogen and oxygen atoms in total. The molecule has 1 aliphatic rings. The van der Waals surface area contributed by atoms with Gasteiger partial charge in [0, 0.05) is 10.9 Å². The van der Waals surface area contributed by atoms with Gasteiger partial charge in [-0.25, -0.2) is 8.42 Å². The Morgan fingerprint density at radius 3 is 2.76 bits per heavy atom. The quantitative estimate of drug-likeness (QED) is 0.914. The molecule has 1 aromatic carbocycles. The first kappa shape index (κ1) is 12.9. The number of hydrogen-bond acceptors (Lipinski definition) is 3. The van der Waals surface area contributed by atoms with Gasteiger partial charge in [-0.15, -0.1) is 0 Å². The van der Waals surface area contributed by atoms with Crippen molar-refractivity contribution >= 4 is 21.4 Å². The van der Waals surface area contributed by atoms with Crippen molar-refractivity contribution in [2.45, 2.75) is 12.3 Å². The van der Waals surface area contributed by atoms with Crippen molar-refractivity contribution in [2.75, 3.05) is 18.1 Å². The molecule has 1 heterocycles. The van der Waals surface area contributed by atoms with Gasteiger partial charge in [0.15, 0.2) is 9.84 Å². The highest BCUT2D eigenvalue weighted by atomic mass is 35.5. The van der Waals surface area contributed by atoms with Crippen LogP contribution >= 0.6 is 11.6 Å². The molecule has 94 valence electrons. The van der Waals surface area contributed by atoms with E-state index in [1.165, 1.54) is 0 Å². The molecule has 1 aliphatic heterocycles. The average Bonchev–Trinajstić information content (AvgIpc) is 2.60. The minimum atomic E-state index is -2.86. The highest BCUT2D eigenvalue weighted by Crippen LogP contribution is 2.33. The van der Waals surface area contributed by atoms with Gasteiger partial charge in [0.2, 0.25) is 0 Å². The minimum absolute atomic E-state index is 0.0889. The van der Waals surface area contributed by atoms with E-state index in [0.717, 1.165) is 5.56 Å². The Kier molecular flexibility index (Phi) is 3.76. The Hall–Kier alpha value is -0.580. The fraction of sp³-hybridized carbons (Fsp3) is 0.500. The molecule has 0 radical (unpaired) electrons. The lowest BCUT2D eigenvalue weighted by Gasteiger charge is -2.21. The number of nitrogens with two attached hydrogens (primary N) is 1. The van der Waals surface area contributed by atoms with E-state index in [9.17, 15) is 8.42 Å². The summed E-state index contributed by atoms with van der Waals surface area (Å²) in [6, 6.07) is 7.53. The van der Waals surface area contributed by atoms with Crippen LogP contribution in [0, 0.1) is 5.92 Å². The van der Waals surface area contributed by atoms with Gasteiger partial charge in [0.25, 0.3) is 0 Å². The lowest BCUT2D eigenvalue weighted by Crippen LogP contribution is -2.22. The fourth-order valence-electron chi connectivity index (χ4n) is 2.48. The summed E-state index contributed by atoms with van der Waals surface area (Å²) in [5, 5.41) is 0.668. The third kappa shape index (κ3) is 3.00. The van der Waals surface area contributed by atoms with E-state index in [0.29, 0.717) is 18.0 Å². The molecule has 1 saturated heterocycles. The largest absolute Gasteiger partial charge is 0.330 e. The van der Waals surface area contributed by atoms with Gasteiger partial charge in [-0.2, -0.15) is 0 Å². The molecule has 0 aliphatic carbocycles. The highest BCUT2D eigenvalue weighted by molar-refractivity contribution is 7.91. The molecule has 1 aromatic rings. The molecular weight excluding hydrogens is 258 g/mol. The van der Waals surface area contributed by atoms with E-state index in [1.54, 1.807) is 0 Å². The van der Waals surface area contributed by atoms with E-state index < -0.39 is 9.84 Å². The lowest BCUT2D eigenvalue weighted by molar-refractivity contribution is 0.474. The minimum Gasteiger partial charge on any atom is -0.330 e. The normalized spacial score (nSPS) is 24.7. The molecule has 0 spiro atoms. The second-order valence-electron chi connectivity index (χ2n) is 4.56. The van der Waals surface area contributed by atoms with Crippen LogP contribution in [-0.4, -0.2) is 26.5 Å². The van der Waals surface area contributed by atoms with Crippen LogP contribution < -0.4 is 5.73 Å². The Morgan fingerprint density at radius 2 is 2.24 bits per heavy atom. The first-order valence-electron chi connectivity index (χ1n) is 5.68. The summed E-state index contributed by atoms with van der Waals surface area (Å²) in [5.41, 5.74) is 6.83. The molecule has 2 atom stereocenters. The zero-order chi connectivity index (χ0) is 12.5. The Labute approximate surface area is 107 Å².